The van der Waals surface area contributed by atoms with Crippen molar-refractivity contribution < 1.29 is 9.53 Å². The number of amides is 1. The molecule has 0 N–H and O–H groups in total. The van der Waals surface area contributed by atoms with Gasteiger partial charge < -0.3 is 4.74 Å². The van der Waals surface area contributed by atoms with Crippen LogP contribution in [0.3, 0.4) is 0 Å². The molecule has 36 heavy (non-hydrogen) atoms. The van der Waals surface area contributed by atoms with E-state index in [1.807, 2.05) is 60.7 Å². The van der Waals surface area contributed by atoms with Crippen LogP contribution >= 0.6 is 0 Å². The molecule has 1 aliphatic carbocycles. The van der Waals surface area contributed by atoms with Gasteiger partial charge in [-0.25, -0.2) is 5.01 Å². The lowest BCUT2D eigenvalue weighted by molar-refractivity contribution is -0.135. The molecule has 0 saturated heterocycles. The van der Waals surface area contributed by atoms with Crippen molar-refractivity contribution in [2.45, 2.75) is 25.3 Å². The Labute approximate surface area is 211 Å². The zero-order valence-electron chi connectivity index (χ0n) is 20.1. The van der Waals surface area contributed by atoms with E-state index in [0.717, 1.165) is 46.9 Å². The van der Waals surface area contributed by atoms with E-state index in [1.165, 1.54) is 5.57 Å². The van der Waals surface area contributed by atoms with Crippen molar-refractivity contribution in [3.63, 3.8) is 0 Å². The van der Waals surface area contributed by atoms with Crippen molar-refractivity contribution in [3.05, 3.63) is 120 Å². The summed E-state index contributed by atoms with van der Waals surface area (Å²) in [6, 6.07) is 34.6. The van der Waals surface area contributed by atoms with E-state index >= 15 is 0 Å². The average Bonchev–Trinajstić information content (AvgIpc) is 3.33. The van der Waals surface area contributed by atoms with Gasteiger partial charge in [0.1, 0.15) is 5.75 Å². The summed E-state index contributed by atoms with van der Waals surface area (Å²) in [5.74, 6) is 0.742. The first kappa shape index (κ1) is 22.3. The molecule has 0 bridgehead atoms. The quantitative estimate of drug-likeness (QED) is 0.313. The second kappa shape index (κ2) is 9.82. The van der Waals surface area contributed by atoms with Crippen LogP contribution in [0.2, 0.25) is 0 Å². The Balaban J connectivity index is 1.29. The van der Waals surface area contributed by atoms with Gasteiger partial charge in [-0.15, -0.1) is 0 Å². The van der Waals surface area contributed by atoms with E-state index in [-0.39, 0.29) is 24.5 Å². The number of ether oxygens (including phenoxy) is 1. The summed E-state index contributed by atoms with van der Waals surface area (Å²) in [7, 11) is 0. The van der Waals surface area contributed by atoms with Gasteiger partial charge in [0.15, 0.2) is 6.61 Å². The van der Waals surface area contributed by atoms with Crippen molar-refractivity contribution in [2.75, 3.05) is 6.61 Å². The summed E-state index contributed by atoms with van der Waals surface area (Å²) >= 11 is 0. The van der Waals surface area contributed by atoms with Crippen molar-refractivity contribution >= 4 is 28.5 Å². The van der Waals surface area contributed by atoms with Crippen LogP contribution in [0.5, 0.6) is 5.75 Å². The van der Waals surface area contributed by atoms with E-state index in [4.69, 9.17) is 9.84 Å². The van der Waals surface area contributed by atoms with Crippen molar-refractivity contribution in [1.82, 2.24) is 5.01 Å². The number of carbonyl (C=O) groups is 1. The number of rotatable bonds is 5. The van der Waals surface area contributed by atoms with Gasteiger partial charge in [-0.3, -0.25) is 4.79 Å². The molecule has 6 rings (SSSR count). The molecule has 0 spiro atoms. The van der Waals surface area contributed by atoms with Crippen molar-refractivity contribution in [3.8, 4) is 5.75 Å². The molecule has 1 amide bonds. The highest BCUT2D eigenvalue weighted by Crippen LogP contribution is 2.44. The molecule has 2 unspecified atom stereocenters. The summed E-state index contributed by atoms with van der Waals surface area (Å²) in [4.78, 5) is 13.5. The first-order chi connectivity index (χ1) is 17.8. The lowest BCUT2D eigenvalue weighted by Crippen LogP contribution is -2.34. The number of hydrogen-bond donors (Lipinski definition) is 0. The first-order valence-corrected chi connectivity index (χ1v) is 12.6. The van der Waals surface area contributed by atoms with Crippen LogP contribution in [0.15, 0.2) is 114 Å². The van der Waals surface area contributed by atoms with Gasteiger partial charge in [-0.1, -0.05) is 91.0 Å². The van der Waals surface area contributed by atoms with E-state index in [1.54, 1.807) is 5.01 Å². The van der Waals surface area contributed by atoms with Crippen LogP contribution in [0.1, 0.15) is 36.4 Å². The molecular formula is C32H28N2O2. The van der Waals surface area contributed by atoms with Crippen LogP contribution in [0, 0.1) is 5.92 Å². The maximum absolute atomic E-state index is 13.5. The third-order valence-corrected chi connectivity index (χ3v) is 7.12. The van der Waals surface area contributed by atoms with Gasteiger partial charge >= 0.3 is 0 Å². The summed E-state index contributed by atoms with van der Waals surface area (Å²) in [6.07, 6.45) is 5.30. The van der Waals surface area contributed by atoms with Crippen LogP contribution in [-0.4, -0.2) is 23.2 Å². The predicted octanol–water partition coefficient (Wildman–Crippen LogP) is 7.04. The second-order valence-electron chi connectivity index (χ2n) is 9.46. The summed E-state index contributed by atoms with van der Waals surface area (Å²) in [5, 5.41) is 8.88. The Bertz CT molecular complexity index is 1440. The second-order valence-corrected chi connectivity index (χ2v) is 9.46. The Kier molecular flexibility index (Phi) is 6.08. The van der Waals surface area contributed by atoms with Crippen LogP contribution in [0.25, 0.3) is 16.8 Å². The number of allylic oxidation sites excluding steroid dienone is 1. The van der Waals surface area contributed by atoms with E-state index < -0.39 is 0 Å². The van der Waals surface area contributed by atoms with E-state index in [9.17, 15) is 4.79 Å². The first-order valence-electron chi connectivity index (χ1n) is 12.6. The number of nitrogens with zero attached hydrogens (tertiary/aromatic N) is 2. The number of carbonyl (C=O) groups excluding carboxylic acids is 1. The molecule has 1 fully saturated rings. The molecule has 4 aromatic carbocycles. The fraction of sp³-hybridized carbons (Fsp3) is 0.188. The van der Waals surface area contributed by atoms with Crippen LogP contribution < -0.4 is 4.74 Å². The van der Waals surface area contributed by atoms with E-state index in [2.05, 4.69) is 48.5 Å². The van der Waals surface area contributed by atoms with Crippen LogP contribution in [0.4, 0.5) is 0 Å². The van der Waals surface area contributed by atoms with E-state index in [0.29, 0.717) is 5.75 Å². The standard InChI is InChI=1S/C32H28N2O2/c35-30(22-36-28-19-18-24-12-7-8-15-26(24)21-28)34-32(25-13-5-2-6-14-25)29-17-9-16-27(31(29)33-34)20-23-10-3-1-4-11-23/h1-8,10-15,18-21,29,32H,9,16-17,22H2. The largest absolute Gasteiger partial charge is 0.484 e. The smallest absolute Gasteiger partial charge is 0.281 e. The maximum Gasteiger partial charge on any atom is 0.281 e. The topological polar surface area (TPSA) is 41.9 Å². The highest BCUT2D eigenvalue weighted by molar-refractivity contribution is 6.08. The summed E-state index contributed by atoms with van der Waals surface area (Å²) in [6.45, 7) is -0.0527. The molecule has 2 aliphatic rings. The van der Waals surface area contributed by atoms with Gasteiger partial charge in [0.25, 0.3) is 5.91 Å². The molecule has 178 valence electrons. The zero-order valence-corrected chi connectivity index (χ0v) is 20.1. The molecular weight excluding hydrogens is 444 g/mol. The highest BCUT2D eigenvalue weighted by Gasteiger charge is 2.43. The molecule has 4 nitrogen and oxygen atoms in total. The minimum absolute atomic E-state index is 0.0527. The molecule has 1 saturated carbocycles. The third-order valence-electron chi connectivity index (χ3n) is 7.12. The Morgan fingerprint density at radius 3 is 2.42 bits per heavy atom. The normalized spacial score (nSPS) is 20.3. The molecule has 1 heterocycles. The van der Waals surface area contributed by atoms with Crippen molar-refractivity contribution in [1.29, 1.82) is 0 Å². The number of hydrogen-bond acceptors (Lipinski definition) is 3. The fourth-order valence-electron chi connectivity index (χ4n) is 5.41. The third kappa shape index (κ3) is 4.42. The molecule has 1 aliphatic heterocycles. The summed E-state index contributed by atoms with van der Waals surface area (Å²) in [5.41, 5.74) is 4.54. The predicted molar refractivity (Wildman–Crippen MR) is 145 cm³/mol. The maximum atomic E-state index is 13.5. The highest BCUT2D eigenvalue weighted by atomic mass is 16.5. The van der Waals surface area contributed by atoms with Gasteiger partial charge in [-0.05, 0) is 64.9 Å². The van der Waals surface area contributed by atoms with Gasteiger partial charge in [0, 0.05) is 5.92 Å². The van der Waals surface area contributed by atoms with Crippen LogP contribution in [-0.2, 0) is 4.79 Å². The number of hydrazone groups is 1. The van der Waals surface area contributed by atoms with Gasteiger partial charge in [0.05, 0.1) is 11.8 Å². The number of benzene rings is 4. The van der Waals surface area contributed by atoms with Gasteiger partial charge in [0.2, 0.25) is 0 Å². The minimum Gasteiger partial charge on any atom is -0.484 e. The summed E-state index contributed by atoms with van der Waals surface area (Å²) < 4.78 is 5.97. The molecule has 0 radical (unpaired) electrons. The molecule has 4 aromatic rings. The molecule has 2 atom stereocenters. The lowest BCUT2D eigenvalue weighted by atomic mass is 9.77. The average molecular weight is 473 g/mol. The molecule has 4 heteroatoms. The minimum atomic E-state index is -0.127. The Morgan fingerprint density at radius 2 is 1.61 bits per heavy atom. The monoisotopic (exact) mass is 472 g/mol. The van der Waals surface area contributed by atoms with Crippen molar-refractivity contribution in [2.24, 2.45) is 11.0 Å². The lowest BCUT2D eigenvalue weighted by Gasteiger charge is -2.29. The number of fused-ring (bicyclic) bond motifs is 2. The SMILES string of the molecule is O=C(COc1ccc2ccccc2c1)N1N=C2C(=Cc3ccccc3)CCCC2C1c1ccccc1. The molecule has 0 aromatic heterocycles. The fourth-order valence-corrected chi connectivity index (χ4v) is 5.41. The Hall–Kier alpha value is -4.18. The van der Waals surface area contributed by atoms with Gasteiger partial charge in [-0.2, -0.15) is 5.10 Å². The zero-order chi connectivity index (χ0) is 24.3. The Morgan fingerprint density at radius 1 is 0.889 bits per heavy atom.